The molecule has 2 heterocycles. The first kappa shape index (κ1) is 20.1. The van der Waals surface area contributed by atoms with Gasteiger partial charge in [0.05, 0.1) is 0 Å². The zero-order valence-corrected chi connectivity index (χ0v) is 17.2. The molecule has 0 spiro atoms. The van der Waals surface area contributed by atoms with Crippen LogP contribution in [-0.4, -0.2) is 26.8 Å². The van der Waals surface area contributed by atoms with E-state index in [1.807, 2.05) is 18.2 Å². The van der Waals surface area contributed by atoms with Crippen LogP contribution in [0.3, 0.4) is 0 Å². The summed E-state index contributed by atoms with van der Waals surface area (Å²) >= 11 is 0. The number of halogens is 1. The average molecular weight is 408 g/mol. The molecule has 3 aromatic rings. The summed E-state index contributed by atoms with van der Waals surface area (Å²) in [6.45, 7) is 4.25. The van der Waals surface area contributed by atoms with Gasteiger partial charge in [0.15, 0.2) is 11.9 Å². The van der Waals surface area contributed by atoms with Crippen molar-refractivity contribution < 1.29 is 13.9 Å². The fourth-order valence-electron chi connectivity index (χ4n) is 3.58. The molecule has 2 aromatic carbocycles. The number of hydrogen-bond acceptors (Lipinski definition) is 4. The minimum Gasteiger partial charge on any atom is -0.481 e. The van der Waals surface area contributed by atoms with Crippen molar-refractivity contribution in [3.8, 4) is 17.1 Å². The summed E-state index contributed by atoms with van der Waals surface area (Å²) in [6.07, 6.45) is 3.65. The fraction of sp³-hybridized carbons (Fsp3) is 0.348. The van der Waals surface area contributed by atoms with Gasteiger partial charge in [0.2, 0.25) is 0 Å². The summed E-state index contributed by atoms with van der Waals surface area (Å²) < 4.78 is 21.7. The number of carbonyl (C=O) groups excluding carboxylic acids is 1. The van der Waals surface area contributed by atoms with E-state index in [-0.39, 0.29) is 11.7 Å². The Morgan fingerprint density at radius 2 is 2.03 bits per heavy atom. The maximum atomic E-state index is 13.7. The lowest BCUT2D eigenvalue weighted by Gasteiger charge is -2.16. The van der Waals surface area contributed by atoms with Gasteiger partial charge in [0, 0.05) is 24.2 Å². The van der Waals surface area contributed by atoms with E-state index in [0.717, 1.165) is 43.0 Å². The molecule has 1 N–H and O–H groups in total. The molecular formula is C23H25FN4O2. The molecule has 1 atom stereocenters. The average Bonchev–Trinajstić information content (AvgIpc) is 2.99. The van der Waals surface area contributed by atoms with Crippen molar-refractivity contribution in [2.75, 3.05) is 5.32 Å². The van der Waals surface area contributed by atoms with Gasteiger partial charge >= 0.3 is 0 Å². The van der Waals surface area contributed by atoms with E-state index in [1.165, 1.54) is 12.5 Å². The number of nitrogens with zero attached hydrogens (tertiary/aromatic N) is 3. The van der Waals surface area contributed by atoms with Crippen LogP contribution in [0, 0.1) is 12.7 Å². The summed E-state index contributed by atoms with van der Waals surface area (Å²) in [4.78, 5) is 12.5. The first-order valence-electron chi connectivity index (χ1n) is 10.3. The van der Waals surface area contributed by atoms with Gasteiger partial charge in [-0.25, -0.2) is 4.39 Å². The number of carbonyl (C=O) groups is 1. The Kier molecular flexibility index (Phi) is 5.79. The molecule has 1 aromatic heterocycles. The normalized spacial score (nSPS) is 14.5. The summed E-state index contributed by atoms with van der Waals surface area (Å²) in [6, 6.07) is 12.1. The highest BCUT2D eigenvalue weighted by Gasteiger charge is 2.18. The Morgan fingerprint density at radius 3 is 2.87 bits per heavy atom. The number of benzene rings is 2. The van der Waals surface area contributed by atoms with Gasteiger partial charge in [-0.2, -0.15) is 0 Å². The highest BCUT2D eigenvalue weighted by Crippen LogP contribution is 2.26. The monoisotopic (exact) mass is 408 g/mol. The first-order chi connectivity index (χ1) is 14.5. The Morgan fingerprint density at radius 1 is 1.17 bits per heavy atom. The Labute approximate surface area is 175 Å². The molecule has 0 unspecified atom stereocenters. The number of ether oxygens (including phenoxy) is 1. The molecule has 156 valence electrons. The number of rotatable bonds is 5. The number of hydrogen-bond donors (Lipinski definition) is 1. The van der Waals surface area contributed by atoms with Crippen LogP contribution in [0.5, 0.6) is 5.75 Å². The summed E-state index contributed by atoms with van der Waals surface area (Å²) in [5, 5.41) is 11.4. The highest BCUT2D eigenvalue weighted by molar-refractivity contribution is 5.94. The van der Waals surface area contributed by atoms with E-state index >= 15 is 0 Å². The number of anilines is 1. The number of nitrogens with one attached hydrogen (secondary N) is 1. The van der Waals surface area contributed by atoms with Gasteiger partial charge in [-0.3, -0.25) is 4.79 Å². The van der Waals surface area contributed by atoms with Crippen molar-refractivity contribution in [1.82, 2.24) is 14.8 Å². The summed E-state index contributed by atoms with van der Waals surface area (Å²) in [7, 11) is 0. The van der Waals surface area contributed by atoms with E-state index < -0.39 is 6.10 Å². The second kappa shape index (κ2) is 8.65. The second-order valence-electron chi connectivity index (χ2n) is 7.64. The number of aromatic nitrogens is 3. The van der Waals surface area contributed by atoms with Crippen molar-refractivity contribution in [3.05, 3.63) is 59.7 Å². The van der Waals surface area contributed by atoms with Crippen molar-refractivity contribution in [2.24, 2.45) is 0 Å². The lowest BCUT2D eigenvalue weighted by atomic mass is 10.2. The van der Waals surface area contributed by atoms with Crippen LogP contribution in [0.2, 0.25) is 0 Å². The van der Waals surface area contributed by atoms with Crippen LogP contribution < -0.4 is 10.1 Å². The molecule has 0 bridgehead atoms. The molecule has 1 aliphatic rings. The third-order valence-corrected chi connectivity index (χ3v) is 5.32. The zero-order valence-electron chi connectivity index (χ0n) is 17.2. The largest absolute Gasteiger partial charge is 0.481 e. The van der Waals surface area contributed by atoms with Gasteiger partial charge in [0.25, 0.3) is 5.91 Å². The van der Waals surface area contributed by atoms with Crippen molar-refractivity contribution in [1.29, 1.82) is 0 Å². The van der Waals surface area contributed by atoms with E-state index in [9.17, 15) is 9.18 Å². The highest BCUT2D eigenvalue weighted by atomic mass is 19.1. The van der Waals surface area contributed by atoms with Crippen molar-refractivity contribution in [3.63, 3.8) is 0 Å². The molecule has 6 nitrogen and oxygen atoms in total. The second-order valence-corrected chi connectivity index (χ2v) is 7.64. The van der Waals surface area contributed by atoms with Crippen molar-refractivity contribution >= 4 is 11.6 Å². The molecule has 0 saturated heterocycles. The molecule has 0 saturated carbocycles. The van der Waals surface area contributed by atoms with Crippen LogP contribution in [0.15, 0.2) is 42.5 Å². The van der Waals surface area contributed by atoms with Crippen LogP contribution in [0.4, 0.5) is 10.1 Å². The molecule has 0 radical (unpaired) electrons. The van der Waals surface area contributed by atoms with Crippen LogP contribution in [0.1, 0.15) is 37.6 Å². The minimum atomic E-state index is -0.750. The molecule has 0 aliphatic carbocycles. The lowest BCUT2D eigenvalue weighted by molar-refractivity contribution is -0.122. The molecule has 30 heavy (non-hydrogen) atoms. The van der Waals surface area contributed by atoms with Crippen LogP contribution >= 0.6 is 0 Å². The van der Waals surface area contributed by atoms with E-state index in [4.69, 9.17) is 4.74 Å². The Balaban J connectivity index is 1.47. The molecule has 1 amide bonds. The molecule has 1 aliphatic heterocycles. The maximum Gasteiger partial charge on any atom is 0.265 e. The Bertz CT molecular complexity index is 1060. The minimum absolute atomic E-state index is 0.347. The predicted molar refractivity (Wildman–Crippen MR) is 113 cm³/mol. The van der Waals surface area contributed by atoms with Crippen LogP contribution in [-0.2, 0) is 17.8 Å². The molecule has 7 heteroatoms. The van der Waals surface area contributed by atoms with Gasteiger partial charge in [0.1, 0.15) is 17.4 Å². The van der Waals surface area contributed by atoms with Gasteiger partial charge < -0.3 is 14.6 Å². The molecular weight excluding hydrogens is 383 g/mol. The molecule has 0 fully saturated rings. The summed E-state index contributed by atoms with van der Waals surface area (Å²) in [5.41, 5.74) is 1.83. The number of aryl methyl sites for hydroxylation is 2. The lowest BCUT2D eigenvalue weighted by Crippen LogP contribution is -2.30. The fourth-order valence-corrected chi connectivity index (χ4v) is 3.58. The zero-order chi connectivity index (χ0) is 21.1. The summed E-state index contributed by atoms with van der Waals surface area (Å²) in [5.74, 6) is 1.70. The first-order valence-corrected chi connectivity index (χ1v) is 10.3. The number of fused-ring (bicyclic) bond motifs is 1. The SMILES string of the molecule is Cc1ccc(NC(=O)[C@H](C)Oc2cccc(-c3nnc4n3CCCCC4)c2)cc1F. The van der Waals surface area contributed by atoms with Gasteiger partial charge in [-0.05, 0) is 56.5 Å². The maximum absolute atomic E-state index is 13.7. The van der Waals surface area contributed by atoms with E-state index in [1.54, 1.807) is 32.0 Å². The third-order valence-electron chi connectivity index (χ3n) is 5.32. The smallest absolute Gasteiger partial charge is 0.265 e. The standard InChI is InChI=1S/C23H25FN4O2/c1-15-10-11-18(14-20(15)24)25-23(29)16(2)30-19-8-6-7-17(13-19)22-27-26-21-9-4-3-5-12-28(21)22/h6-8,10-11,13-14,16H,3-5,9,12H2,1-2H3,(H,25,29)/t16-/m0/s1. The number of amides is 1. The van der Waals surface area contributed by atoms with Gasteiger partial charge in [-0.15, -0.1) is 10.2 Å². The van der Waals surface area contributed by atoms with Crippen LogP contribution in [0.25, 0.3) is 11.4 Å². The van der Waals surface area contributed by atoms with E-state index in [0.29, 0.717) is 17.0 Å². The third kappa shape index (κ3) is 4.35. The van der Waals surface area contributed by atoms with Gasteiger partial charge in [-0.1, -0.05) is 24.6 Å². The topological polar surface area (TPSA) is 69.0 Å². The molecule has 4 rings (SSSR count). The van der Waals surface area contributed by atoms with Crippen molar-refractivity contribution in [2.45, 2.75) is 52.2 Å². The van der Waals surface area contributed by atoms with E-state index in [2.05, 4.69) is 20.1 Å². The predicted octanol–water partition coefficient (Wildman–Crippen LogP) is 4.53. The quantitative estimate of drug-likeness (QED) is 0.674. The Hall–Kier alpha value is -3.22.